The average Bonchev–Trinajstić information content (AvgIpc) is 3.43. The largest absolute Gasteiger partial charge is 0.376 e. The van der Waals surface area contributed by atoms with Crippen molar-refractivity contribution in [1.29, 1.82) is 0 Å². The summed E-state index contributed by atoms with van der Waals surface area (Å²) in [5.74, 6) is 0. The van der Waals surface area contributed by atoms with E-state index in [1.807, 2.05) is 0 Å². The smallest absolute Gasteiger partial charge is 0.196 e. The van der Waals surface area contributed by atoms with Crippen LogP contribution in [0.4, 0.5) is 0 Å². The predicted octanol–water partition coefficient (Wildman–Crippen LogP) is 1.41. The van der Waals surface area contributed by atoms with Crippen molar-refractivity contribution in [3.05, 3.63) is 38.3 Å². The third kappa shape index (κ3) is 6.00. The molecule has 6 nitrogen and oxygen atoms in total. The number of hydrogen-bond donors (Lipinski definition) is 0. The maximum Gasteiger partial charge on any atom is 0.196 e. The van der Waals surface area contributed by atoms with E-state index in [-0.39, 0.29) is 22.8 Å². The van der Waals surface area contributed by atoms with Crippen molar-refractivity contribution in [1.82, 2.24) is 0 Å². The van der Waals surface area contributed by atoms with E-state index in [9.17, 15) is 0 Å². The highest BCUT2D eigenvalue weighted by Crippen LogP contribution is 2.13. The first-order chi connectivity index (χ1) is 10.7. The summed E-state index contributed by atoms with van der Waals surface area (Å²) in [7, 11) is 0. The first-order valence-electron chi connectivity index (χ1n) is 7.49. The molecule has 0 N–H and O–H groups in total. The van der Waals surface area contributed by atoms with Crippen LogP contribution in [0.5, 0.6) is 0 Å². The zero-order chi connectivity index (χ0) is 15.8. The molecular formula is C16H26NO5+. The molecule has 0 amide bonds. The number of ether oxygens (including phenoxy) is 5. The summed E-state index contributed by atoms with van der Waals surface area (Å²) in [4.78, 5) is 0. The Hall–Kier alpha value is -1.02. The third-order valence-corrected chi connectivity index (χ3v) is 3.57. The fourth-order valence-corrected chi connectivity index (χ4v) is 1.75. The summed E-state index contributed by atoms with van der Waals surface area (Å²) < 4.78 is 27.6. The first kappa shape index (κ1) is 17.3. The second kappa shape index (κ2) is 8.57. The van der Waals surface area contributed by atoms with E-state index >= 15 is 0 Å². The van der Waals surface area contributed by atoms with Gasteiger partial charge >= 0.3 is 0 Å². The Bertz CT molecular complexity index is 339. The van der Waals surface area contributed by atoms with Gasteiger partial charge in [0.1, 0.15) is 18.3 Å². The van der Waals surface area contributed by atoms with Crippen LogP contribution in [0, 0.1) is 0 Å². The zero-order valence-electron chi connectivity index (χ0n) is 13.0. The molecule has 2 atom stereocenters. The van der Waals surface area contributed by atoms with Gasteiger partial charge in [0.05, 0.1) is 58.2 Å². The van der Waals surface area contributed by atoms with Gasteiger partial charge in [0.15, 0.2) is 6.73 Å². The number of quaternary nitrogens is 1. The van der Waals surface area contributed by atoms with Crippen LogP contribution in [0.2, 0.25) is 0 Å². The number of nitrogens with zero attached hydrogens (tertiary/aromatic N) is 1. The van der Waals surface area contributed by atoms with Crippen LogP contribution in [0.15, 0.2) is 38.3 Å². The molecule has 124 valence electrons. The lowest BCUT2D eigenvalue weighted by Gasteiger charge is -2.27. The van der Waals surface area contributed by atoms with Crippen molar-refractivity contribution in [2.24, 2.45) is 0 Å². The summed E-state index contributed by atoms with van der Waals surface area (Å²) >= 11 is 0. The van der Waals surface area contributed by atoms with E-state index in [0.29, 0.717) is 33.2 Å². The normalized spacial score (nSPS) is 24.5. The van der Waals surface area contributed by atoms with Crippen molar-refractivity contribution in [2.45, 2.75) is 18.3 Å². The molecule has 0 aromatic heterocycles. The molecule has 2 saturated heterocycles. The SMILES string of the molecule is C=C[N+](C=C)(C=C)COC(COCC1CO1)COCC1CO1. The quantitative estimate of drug-likeness (QED) is 0.276. The Balaban J connectivity index is 1.73. The molecule has 2 aliphatic heterocycles. The lowest BCUT2D eigenvalue weighted by atomic mass is 10.4. The number of rotatable bonds is 14. The third-order valence-electron chi connectivity index (χ3n) is 3.57. The topological polar surface area (TPSA) is 52.8 Å². The van der Waals surface area contributed by atoms with Crippen molar-refractivity contribution in [3.8, 4) is 0 Å². The van der Waals surface area contributed by atoms with Crippen molar-refractivity contribution >= 4 is 0 Å². The second-order valence-electron chi connectivity index (χ2n) is 5.45. The van der Waals surface area contributed by atoms with Crippen LogP contribution in [0.25, 0.3) is 0 Å². The molecule has 22 heavy (non-hydrogen) atoms. The molecule has 2 rings (SSSR count). The van der Waals surface area contributed by atoms with Gasteiger partial charge in [-0.2, -0.15) is 0 Å². The summed E-state index contributed by atoms with van der Waals surface area (Å²) in [5.41, 5.74) is 0. The minimum atomic E-state index is -0.171. The lowest BCUT2D eigenvalue weighted by Crippen LogP contribution is -2.37. The summed E-state index contributed by atoms with van der Waals surface area (Å²) in [6.45, 7) is 15.4. The van der Waals surface area contributed by atoms with Crippen LogP contribution in [0.1, 0.15) is 0 Å². The monoisotopic (exact) mass is 312 g/mol. The van der Waals surface area contributed by atoms with E-state index in [1.54, 1.807) is 18.6 Å². The predicted molar refractivity (Wildman–Crippen MR) is 81.7 cm³/mol. The van der Waals surface area contributed by atoms with E-state index < -0.39 is 0 Å². The average molecular weight is 312 g/mol. The summed E-state index contributed by atoms with van der Waals surface area (Å²) in [5, 5.41) is 0. The van der Waals surface area contributed by atoms with Gasteiger partial charge in [-0.05, 0) is 19.7 Å². The zero-order valence-corrected chi connectivity index (χ0v) is 13.0. The molecule has 0 spiro atoms. The molecule has 0 bridgehead atoms. The standard InChI is InChI=1S/C16H26NO5/c1-4-17(5-2,6-3)13-22-14(7-18-9-15-11-20-15)8-19-10-16-12-21-16/h4-6,14-16H,1-3,7-13H2/q+1. The number of hydrogen-bond acceptors (Lipinski definition) is 5. The Kier molecular flexibility index (Phi) is 6.75. The van der Waals surface area contributed by atoms with Crippen LogP contribution in [0.3, 0.4) is 0 Å². The molecule has 0 aromatic carbocycles. The van der Waals surface area contributed by atoms with E-state index in [2.05, 4.69) is 19.7 Å². The van der Waals surface area contributed by atoms with Gasteiger partial charge in [-0.1, -0.05) is 0 Å². The lowest BCUT2D eigenvalue weighted by molar-refractivity contribution is -0.799. The molecule has 2 heterocycles. The van der Waals surface area contributed by atoms with Gasteiger partial charge in [0.2, 0.25) is 0 Å². The minimum absolute atomic E-state index is 0.171. The highest BCUT2D eigenvalue weighted by molar-refractivity contribution is 4.73. The molecular weight excluding hydrogens is 286 g/mol. The van der Waals surface area contributed by atoms with Crippen LogP contribution in [-0.2, 0) is 23.7 Å². The first-order valence-corrected chi connectivity index (χ1v) is 7.49. The van der Waals surface area contributed by atoms with Gasteiger partial charge in [-0.15, -0.1) is 0 Å². The second-order valence-corrected chi connectivity index (χ2v) is 5.45. The fourth-order valence-electron chi connectivity index (χ4n) is 1.75. The Labute approximate surface area is 132 Å². The molecule has 0 aliphatic carbocycles. The Morgan fingerprint density at radius 2 is 1.41 bits per heavy atom. The van der Waals surface area contributed by atoms with Crippen LogP contribution in [-0.4, -0.2) is 69.2 Å². The van der Waals surface area contributed by atoms with Gasteiger partial charge < -0.3 is 23.7 Å². The highest BCUT2D eigenvalue weighted by atomic mass is 16.6. The van der Waals surface area contributed by atoms with Gasteiger partial charge in [0.25, 0.3) is 0 Å². The highest BCUT2D eigenvalue weighted by Gasteiger charge is 2.26. The molecule has 0 radical (unpaired) electrons. The Morgan fingerprint density at radius 1 is 0.955 bits per heavy atom. The summed E-state index contributed by atoms with van der Waals surface area (Å²) in [6, 6.07) is 0. The minimum Gasteiger partial charge on any atom is -0.376 e. The Morgan fingerprint density at radius 3 is 1.77 bits per heavy atom. The van der Waals surface area contributed by atoms with Crippen molar-refractivity contribution in [3.63, 3.8) is 0 Å². The molecule has 0 aromatic rings. The van der Waals surface area contributed by atoms with Crippen LogP contribution < -0.4 is 0 Å². The van der Waals surface area contributed by atoms with Gasteiger partial charge in [-0.3, -0.25) is 0 Å². The molecule has 6 heteroatoms. The van der Waals surface area contributed by atoms with Gasteiger partial charge in [-0.25, -0.2) is 4.48 Å². The van der Waals surface area contributed by atoms with E-state index in [1.165, 1.54) is 0 Å². The molecule has 2 fully saturated rings. The van der Waals surface area contributed by atoms with Gasteiger partial charge in [0, 0.05) is 0 Å². The van der Waals surface area contributed by atoms with Crippen LogP contribution >= 0.6 is 0 Å². The fraction of sp³-hybridized carbons (Fsp3) is 0.625. The number of epoxide rings is 2. The van der Waals surface area contributed by atoms with E-state index in [4.69, 9.17) is 23.7 Å². The molecule has 2 unspecified atom stereocenters. The van der Waals surface area contributed by atoms with Crippen molar-refractivity contribution in [2.75, 3.05) is 46.4 Å². The molecule has 0 saturated carbocycles. The summed E-state index contributed by atoms with van der Waals surface area (Å²) in [6.07, 6.45) is 5.46. The maximum absolute atomic E-state index is 5.91. The van der Waals surface area contributed by atoms with Crippen molar-refractivity contribution < 1.29 is 28.2 Å². The maximum atomic E-state index is 5.91. The molecule has 2 aliphatic rings. The van der Waals surface area contributed by atoms with E-state index in [0.717, 1.165) is 13.2 Å².